The fourth-order valence-electron chi connectivity index (χ4n) is 5.33. The molecule has 37 heavy (non-hydrogen) atoms. The average Bonchev–Trinajstić information content (AvgIpc) is 2.77. The molecular weight excluding hydrogens is 474 g/mol. The number of esters is 1. The molecule has 1 aliphatic carbocycles. The topological polar surface area (TPSA) is 129 Å². The highest BCUT2D eigenvalue weighted by molar-refractivity contribution is 5.97. The predicted molar refractivity (Wildman–Crippen MR) is 141 cm³/mol. The van der Waals surface area contributed by atoms with E-state index >= 15 is 0 Å². The van der Waals surface area contributed by atoms with E-state index in [1.54, 1.807) is 33.8 Å². The van der Waals surface area contributed by atoms with Crippen LogP contribution in [0, 0.1) is 11.3 Å². The number of hydrogen-bond acceptors (Lipinski definition) is 7. The Morgan fingerprint density at radius 3 is 2.38 bits per heavy atom. The van der Waals surface area contributed by atoms with E-state index in [0.717, 1.165) is 12.0 Å². The third kappa shape index (κ3) is 6.37. The van der Waals surface area contributed by atoms with Crippen molar-refractivity contribution in [3.8, 4) is 5.75 Å². The van der Waals surface area contributed by atoms with Gasteiger partial charge in [0, 0.05) is 12.0 Å². The molecule has 9 nitrogen and oxygen atoms in total. The first-order valence-corrected chi connectivity index (χ1v) is 13.0. The van der Waals surface area contributed by atoms with E-state index in [1.807, 2.05) is 39.8 Å². The number of fused-ring (bicyclic) bond motifs is 1. The van der Waals surface area contributed by atoms with Crippen LogP contribution in [0.1, 0.15) is 86.6 Å². The predicted octanol–water partition coefficient (Wildman–Crippen LogP) is 4.62. The Morgan fingerprint density at radius 2 is 1.78 bits per heavy atom. The molecule has 0 spiro atoms. The van der Waals surface area contributed by atoms with E-state index in [0.29, 0.717) is 30.7 Å². The summed E-state index contributed by atoms with van der Waals surface area (Å²) in [5, 5.41) is 6.00. The van der Waals surface area contributed by atoms with Crippen molar-refractivity contribution in [3.63, 3.8) is 0 Å². The van der Waals surface area contributed by atoms with Gasteiger partial charge in [0.05, 0.1) is 17.1 Å². The molecular formula is C28H43N3O6. The van der Waals surface area contributed by atoms with Crippen LogP contribution in [0.25, 0.3) is 0 Å². The second-order valence-corrected chi connectivity index (χ2v) is 12.5. The van der Waals surface area contributed by atoms with Gasteiger partial charge in [-0.05, 0) is 92.3 Å². The molecule has 0 bridgehead atoms. The fraction of sp³-hybridized carbons (Fsp3) is 0.679. The monoisotopic (exact) mass is 517 g/mol. The first kappa shape index (κ1) is 28.8. The second kappa shape index (κ2) is 10.2. The van der Waals surface area contributed by atoms with Gasteiger partial charge in [-0.3, -0.25) is 9.59 Å². The molecule has 4 unspecified atom stereocenters. The van der Waals surface area contributed by atoms with E-state index in [4.69, 9.17) is 19.9 Å². The Hall–Kier alpha value is -2.81. The lowest BCUT2D eigenvalue weighted by atomic mass is 9.57. The highest BCUT2D eigenvalue weighted by Crippen LogP contribution is 2.52. The van der Waals surface area contributed by atoms with Crippen molar-refractivity contribution in [1.82, 2.24) is 5.32 Å². The molecule has 0 aromatic heterocycles. The number of alkyl carbamates (subject to hydrolysis) is 1. The van der Waals surface area contributed by atoms with Crippen LogP contribution in [0.5, 0.6) is 5.75 Å². The molecule has 2 amide bonds. The summed E-state index contributed by atoms with van der Waals surface area (Å²) < 4.78 is 17.1. The summed E-state index contributed by atoms with van der Waals surface area (Å²) in [5.41, 5.74) is 4.70. The fourth-order valence-corrected chi connectivity index (χ4v) is 5.33. The number of carbonyl (C=O) groups is 3. The lowest BCUT2D eigenvalue weighted by Gasteiger charge is -2.52. The zero-order valence-electron chi connectivity index (χ0n) is 23.4. The second-order valence-electron chi connectivity index (χ2n) is 12.5. The molecule has 1 aromatic rings. The van der Waals surface area contributed by atoms with Gasteiger partial charge in [-0.1, -0.05) is 12.5 Å². The minimum absolute atomic E-state index is 0.218. The molecule has 1 heterocycles. The molecule has 1 aromatic carbocycles. The van der Waals surface area contributed by atoms with Gasteiger partial charge in [-0.25, -0.2) is 4.79 Å². The van der Waals surface area contributed by atoms with Gasteiger partial charge in [0.25, 0.3) is 5.91 Å². The van der Waals surface area contributed by atoms with Crippen LogP contribution in [0.4, 0.5) is 10.5 Å². The van der Waals surface area contributed by atoms with Crippen molar-refractivity contribution in [1.29, 1.82) is 0 Å². The van der Waals surface area contributed by atoms with E-state index in [2.05, 4.69) is 10.6 Å². The Balaban J connectivity index is 2.07. The van der Waals surface area contributed by atoms with Crippen LogP contribution in [-0.4, -0.2) is 41.8 Å². The van der Waals surface area contributed by atoms with Crippen LogP contribution < -0.4 is 21.1 Å². The molecule has 3 rings (SSSR count). The molecule has 1 fully saturated rings. The summed E-state index contributed by atoms with van der Waals surface area (Å²) in [7, 11) is 0. The number of nitrogens with one attached hydrogen (secondary N) is 2. The third-order valence-electron chi connectivity index (χ3n) is 7.28. The summed E-state index contributed by atoms with van der Waals surface area (Å²) >= 11 is 0. The summed E-state index contributed by atoms with van der Waals surface area (Å²) in [4.78, 5) is 38.6. The summed E-state index contributed by atoms with van der Waals surface area (Å²) in [6.45, 7) is 14.8. The average molecular weight is 518 g/mol. The number of benzene rings is 1. The molecule has 1 aliphatic heterocycles. The maximum Gasteiger partial charge on any atom is 0.408 e. The van der Waals surface area contributed by atoms with Crippen LogP contribution >= 0.6 is 0 Å². The molecule has 1 saturated carbocycles. The van der Waals surface area contributed by atoms with E-state index in [9.17, 15) is 14.4 Å². The zero-order chi connectivity index (χ0) is 27.8. The first-order valence-electron chi connectivity index (χ1n) is 13.0. The van der Waals surface area contributed by atoms with Crippen molar-refractivity contribution in [3.05, 3.63) is 23.8 Å². The highest BCUT2D eigenvalue weighted by Gasteiger charge is 2.53. The molecule has 2 aliphatic rings. The van der Waals surface area contributed by atoms with Crippen LogP contribution in [0.15, 0.2) is 18.2 Å². The third-order valence-corrected chi connectivity index (χ3v) is 7.28. The maximum absolute atomic E-state index is 13.2. The standard InChI is InChI=1S/C28H43N3O6/c1-17-22(32)30-20-14-19(11-12-21(20)35-17)27(8,31-24(34)37-26(5,6)7)28(16-29)13-9-10-18(15-28)23(33)36-25(2,3)4/h11-12,14,17-18H,9-10,13,15-16,29H2,1-8H3,(H,30,32)(H,31,34). The van der Waals surface area contributed by atoms with Gasteiger partial charge in [-0.15, -0.1) is 0 Å². The lowest BCUT2D eigenvalue weighted by Crippen LogP contribution is -2.61. The Kier molecular flexibility index (Phi) is 7.89. The summed E-state index contributed by atoms with van der Waals surface area (Å²) in [5.74, 6) is -0.322. The van der Waals surface area contributed by atoms with Crippen LogP contribution in [0.3, 0.4) is 0 Å². The van der Waals surface area contributed by atoms with Crippen molar-refractivity contribution >= 4 is 23.7 Å². The number of hydrogen-bond donors (Lipinski definition) is 3. The quantitative estimate of drug-likeness (QED) is 0.486. The first-order chi connectivity index (χ1) is 17.0. The number of ether oxygens (including phenoxy) is 3. The Bertz CT molecular complexity index is 1040. The number of nitrogens with two attached hydrogens (primary N) is 1. The van der Waals surface area contributed by atoms with Gasteiger partial charge in [-0.2, -0.15) is 0 Å². The van der Waals surface area contributed by atoms with E-state index in [-0.39, 0.29) is 24.3 Å². The van der Waals surface area contributed by atoms with Crippen LogP contribution in [0.2, 0.25) is 0 Å². The highest BCUT2D eigenvalue weighted by atomic mass is 16.6. The van der Waals surface area contributed by atoms with Crippen LogP contribution in [-0.2, 0) is 24.6 Å². The molecule has 4 atom stereocenters. The largest absolute Gasteiger partial charge is 0.479 e. The Labute approximate surface area is 220 Å². The molecule has 4 N–H and O–H groups in total. The number of carbonyl (C=O) groups excluding carboxylic acids is 3. The Morgan fingerprint density at radius 1 is 1.14 bits per heavy atom. The minimum atomic E-state index is -1.03. The molecule has 0 saturated heterocycles. The number of amides is 2. The molecule has 9 heteroatoms. The van der Waals surface area contributed by atoms with Crippen molar-refractivity contribution < 1.29 is 28.6 Å². The van der Waals surface area contributed by atoms with Gasteiger partial charge in [0.1, 0.15) is 17.0 Å². The van der Waals surface area contributed by atoms with E-state index in [1.165, 1.54) is 0 Å². The summed E-state index contributed by atoms with van der Waals surface area (Å²) in [6.07, 6.45) is 1.36. The smallest absolute Gasteiger partial charge is 0.408 e. The SMILES string of the molecule is CC1Oc2ccc(C(C)(NC(=O)OC(C)(C)C)C3(CN)CCCC(C(=O)OC(C)(C)C)C3)cc2NC1=O. The van der Waals surface area contributed by atoms with Gasteiger partial charge in [0.2, 0.25) is 0 Å². The number of rotatable bonds is 5. The van der Waals surface area contributed by atoms with E-state index < -0.39 is 34.4 Å². The number of anilines is 1. The zero-order valence-corrected chi connectivity index (χ0v) is 23.4. The van der Waals surface area contributed by atoms with Gasteiger partial charge >= 0.3 is 12.1 Å². The minimum Gasteiger partial charge on any atom is -0.479 e. The maximum atomic E-state index is 13.2. The van der Waals surface area contributed by atoms with Crippen molar-refractivity contribution in [2.75, 3.05) is 11.9 Å². The van der Waals surface area contributed by atoms with Crippen molar-refractivity contribution in [2.24, 2.45) is 17.1 Å². The lowest BCUT2D eigenvalue weighted by molar-refractivity contribution is -0.163. The molecule has 0 radical (unpaired) electrons. The normalized spacial score (nSPS) is 25.6. The summed E-state index contributed by atoms with van der Waals surface area (Å²) in [6, 6.07) is 5.47. The van der Waals surface area contributed by atoms with Gasteiger partial charge < -0.3 is 30.6 Å². The van der Waals surface area contributed by atoms with Crippen molar-refractivity contribution in [2.45, 2.75) is 104 Å². The molecule has 206 valence electrons. The van der Waals surface area contributed by atoms with Gasteiger partial charge in [0.15, 0.2) is 6.10 Å².